The smallest absolute Gasteiger partial charge is 0.261 e. The van der Waals surface area contributed by atoms with Crippen molar-refractivity contribution >= 4 is 38.7 Å². The number of nitrogens with one attached hydrogen (secondary N) is 1. The van der Waals surface area contributed by atoms with Gasteiger partial charge in [0.05, 0.1) is 50.8 Å². The van der Waals surface area contributed by atoms with Crippen LogP contribution in [0.25, 0.3) is 33.0 Å². The number of hydrogen-bond donors (Lipinski definition) is 1. The number of rotatable bonds is 9. The van der Waals surface area contributed by atoms with Crippen LogP contribution in [0, 0.1) is 0 Å². The molecule has 5 rings (SSSR count). The average Bonchev–Trinajstić information content (AvgIpc) is 3.22. The summed E-state index contributed by atoms with van der Waals surface area (Å²) in [4.78, 5) is 2.48. The number of morpholine rings is 1. The molecule has 0 saturated carbocycles. The third-order valence-electron chi connectivity index (χ3n) is 6.82. The molecule has 1 N–H and O–H groups in total. The number of para-hydroxylation sites is 1. The maximum absolute atomic E-state index is 6.46. The molecule has 7 nitrogen and oxygen atoms in total. The molecule has 9 heteroatoms. The molecule has 37 heavy (non-hydrogen) atoms. The quantitative estimate of drug-likeness (QED) is 0.0918. The zero-order valence-corrected chi connectivity index (χ0v) is 26.5. The number of fused-ring (bicyclic) bond motifs is 4. The topological polar surface area (TPSA) is 50.8 Å². The Hall–Kier alpha value is -1.41. The van der Waals surface area contributed by atoms with Gasteiger partial charge in [0.2, 0.25) is 11.1 Å². The summed E-state index contributed by atoms with van der Waals surface area (Å²) in [6.07, 6.45) is 1.07. The van der Waals surface area contributed by atoms with Crippen LogP contribution in [0.5, 0.6) is 5.75 Å². The number of ether oxygens (including phenoxy) is 2. The number of furan rings is 1. The highest BCUT2D eigenvalue weighted by Gasteiger charge is 2.25. The molecule has 1 fully saturated rings. The van der Waals surface area contributed by atoms with E-state index in [-0.39, 0.29) is 48.0 Å². The number of halogens is 2. The second-order valence-electron chi connectivity index (χ2n) is 10.5. The number of pyridine rings is 1. The van der Waals surface area contributed by atoms with E-state index in [1.165, 1.54) is 10.9 Å². The summed E-state index contributed by atoms with van der Waals surface area (Å²) < 4.78 is 21.2. The van der Waals surface area contributed by atoms with Gasteiger partial charge in [-0.2, -0.15) is 4.57 Å². The van der Waals surface area contributed by atoms with Gasteiger partial charge in [-0.25, -0.2) is 0 Å². The van der Waals surface area contributed by atoms with Crippen molar-refractivity contribution in [3.8, 4) is 5.75 Å². The standard InChI is InChI=1S/C28H37N4O3.2HI/c1-30-24-9-6-5-8-22(24)26(29-12-7-13-31-14-17-33-18-15-31)28-27(30)23-20-21(10-11-25(23)35-28)34-19-16-32(2,3)4;;/h5-6,8-11,20H,7,12-19H2,1-4H3;2*1H/q+1;;/p-1. The van der Waals surface area contributed by atoms with Crippen molar-refractivity contribution < 1.29 is 70.9 Å². The highest BCUT2D eigenvalue weighted by atomic mass is 127. The van der Waals surface area contributed by atoms with E-state index in [4.69, 9.17) is 13.9 Å². The first-order valence-corrected chi connectivity index (χ1v) is 12.6. The van der Waals surface area contributed by atoms with Crippen LogP contribution in [0.2, 0.25) is 0 Å². The van der Waals surface area contributed by atoms with E-state index in [1.54, 1.807) is 0 Å². The van der Waals surface area contributed by atoms with E-state index in [0.717, 1.165) is 90.3 Å². The van der Waals surface area contributed by atoms with Crippen molar-refractivity contribution in [1.29, 1.82) is 0 Å². The van der Waals surface area contributed by atoms with Crippen LogP contribution in [-0.2, 0) is 11.8 Å². The fraction of sp³-hybridized carbons (Fsp3) is 0.464. The summed E-state index contributed by atoms with van der Waals surface area (Å²) in [6.45, 7) is 7.32. The van der Waals surface area contributed by atoms with E-state index in [9.17, 15) is 0 Å². The summed E-state index contributed by atoms with van der Waals surface area (Å²) in [5, 5.41) is 5.98. The largest absolute Gasteiger partial charge is 1.00 e. The first-order valence-electron chi connectivity index (χ1n) is 12.6. The van der Waals surface area contributed by atoms with Gasteiger partial charge >= 0.3 is 0 Å². The summed E-state index contributed by atoms with van der Waals surface area (Å²) >= 11 is 0. The molecule has 0 atom stereocenters. The molecule has 0 bridgehead atoms. The normalized spacial score (nSPS) is 14.5. The maximum atomic E-state index is 6.46. The van der Waals surface area contributed by atoms with Crippen molar-refractivity contribution in [2.75, 3.05) is 79.0 Å². The van der Waals surface area contributed by atoms with Crippen molar-refractivity contribution in [1.82, 2.24) is 4.90 Å². The maximum Gasteiger partial charge on any atom is 0.261 e. The molecule has 1 aliphatic heterocycles. The predicted octanol–water partition coefficient (Wildman–Crippen LogP) is -2.21. The van der Waals surface area contributed by atoms with Crippen LogP contribution in [-0.4, -0.2) is 83.1 Å². The number of hydrogen-bond acceptors (Lipinski definition) is 5. The molecule has 3 heterocycles. The number of quaternary nitrogens is 1. The number of anilines is 1. The van der Waals surface area contributed by atoms with Crippen LogP contribution in [0.15, 0.2) is 46.9 Å². The Morgan fingerprint density at radius 1 is 1.03 bits per heavy atom. The monoisotopic (exact) mass is 732 g/mol. The van der Waals surface area contributed by atoms with Crippen molar-refractivity contribution in [3.63, 3.8) is 0 Å². The Kier molecular flexibility index (Phi) is 10.7. The van der Waals surface area contributed by atoms with Crippen LogP contribution in [0.1, 0.15) is 6.42 Å². The lowest BCUT2D eigenvalue weighted by atomic mass is 10.1. The summed E-state index contributed by atoms with van der Waals surface area (Å²) in [7, 11) is 8.65. The van der Waals surface area contributed by atoms with Gasteiger partial charge in [0.25, 0.3) is 5.52 Å². The molecule has 0 spiro atoms. The van der Waals surface area contributed by atoms with Gasteiger partial charge in [0.1, 0.15) is 31.5 Å². The molecule has 0 radical (unpaired) electrons. The van der Waals surface area contributed by atoms with E-state index >= 15 is 0 Å². The average molecular weight is 732 g/mol. The van der Waals surface area contributed by atoms with Gasteiger partial charge in [0.15, 0.2) is 0 Å². The fourth-order valence-corrected chi connectivity index (χ4v) is 4.83. The molecular formula is C28H38I2N4O3. The van der Waals surface area contributed by atoms with E-state index < -0.39 is 0 Å². The van der Waals surface area contributed by atoms with Crippen LogP contribution >= 0.6 is 0 Å². The van der Waals surface area contributed by atoms with Crippen molar-refractivity contribution in [3.05, 3.63) is 42.5 Å². The van der Waals surface area contributed by atoms with E-state index in [1.807, 2.05) is 12.1 Å². The molecular weight excluding hydrogens is 694 g/mol. The summed E-state index contributed by atoms with van der Waals surface area (Å²) in [6, 6.07) is 14.7. The van der Waals surface area contributed by atoms with Gasteiger partial charge in [-0.05, 0) is 37.2 Å². The number of likely N-dealkylation sites (N-methyl/N-ethyl adjacent to an activating group) is 1. The SMILES string of the molecule is C[n+]1c2ccccc2c(NCCCN2CCOCC2)c2oc3ccc(OCC[N+](C)(C)C)cc3c21.[I-].[I-]. The van der Waals surface area contributed by atoms with Gasteiger partial charge in [-0.1, -0.05) is 12.1 Å². The van der Waals surface area contributed by atoms with Gasteiger partial charge in [-0.15, -0.1) is 0 Å². The Morgan fingerprint density at radius 2 is 1.78 bits per heavy atom. The van der Waals surface area contributed by atoms with Gasteiger partial charge in [-0.3, -0.25) is 4.90 Å². The molecule has 1 aliphatic rings. The fourth-order valence-electron chi connectivity index (χ4n) is 4.83. The lowest BCUT2D eigenvalue weighted by Gasteiger charge is -2.26. The molecule has 4 aromatic rings. The second kappa shape index (κ2) is 13.1. The second-order valence-corrected chi connectivity index (χ2v) is 10.5. The van der Waals surface area contributed by atoms with Crippen LogP contribution in [0.4, 0.5) is 5.69 Å². The highest BCUT2D eigenvalue weighted by molar-refractivity contribution is 6.11. The van der Waals surface area contributed by atoms with Crippen LogP contribution in [0.3, 0.4) is 0 Å². The Morgan fingerprint density at radius 3 is 2.54 bits per heavy atom. The number of aryl methyl sites for hydroxylation is 1. The number of benzene rings is 2. The minimum Gasteiger partial charge on any atom is -1.00 e. The van der Waals surface area contributed by atoms with Crippen molar-refractivity contribution in [2.24, 2.45) is 7.05 Å². The minimum atomic E-state index is 0. The zero-order chi connectivity index (χ0) is 24.4. The molecule has 202 valence electrons. The number of nitrogens with zero attached hydrogens (tertiary/aromatic N) is 3. The third kappa shape index (κ3) is 6.97. The first kappa shape index (κ1) is 30.1. The molecule has 2 aromatic carbocycles. The van der Waals surface area contributed by atoms with E-state index in [0.29, 0.717) is 6.61 Å². The van der Waals surface area contributed by atoms with Crippen LogP contribution < -0.4 is 62.6 Å². The summed E-state index contributed by atoms with van der Waals surface area (Å²) in [5.41, 5.74) is 5.11. The lowest BCUT2D eigenvalue weighted by molar-refractivity contribution is -0.870. The zero-order valence-electron chi connectivity index (χ0n) is 22.2. The highest BCUT2D eigenvalue weighted by Crippen LogP contribution is 2.37. The molecule has 2 aromatic heterocycles. The van der Waals surface area contributed by atoms with Gasteiger partial charge in [0, 0.05) is 25.7 Å². The first-order chi connectivity index (χ1) is 16.9. The minimum absolute atomic E-state index is 0. The molecule has 1 saturated heterocycles. The van der Waals surface area contributed by atoms with E-state index in [2.05, 4.69) is 73.3 Å². The molecule has 0 amide bonds. The predicted molar refractivity (Wildman–Crippen MR) is 141 cm³/mol. The van der Waals surface area contributed by atoms with Gasteiger partial charge < -0.3 is 71.6 Å². The Balaban J connectivity index is 0.00000190. The Labute approximate surface area is 253 Å². The summed E-state index contributed by atoms with van der Waals surface area (Å²) in [5.74, 6) is 0.877. The Bertz CT molecular complexity index is 1330. The molecule has 0 aliphatic carbocycles. The lowest BCUT2D eigenvalue weighted by Crippen LogP contribution is -3.00. The number of aromatic nitrogens is 1. The third-order valence-corrected chi connectivity index (χ3v) is 6.82. The van der Waals surface area contributed by atoms with Crippen molar-refractivity contribution in [2.45, 2.75) is 6.42 Å². The molecule has 0 unspecified atom stereocenters.